The first-order chi connectivity index (χ1) is 7.97. The summed E-state index contributed by atoms with van der Waals surface area (Å²) in [6.45, 7) is 4.60. The number of hydrogen-bond donors (Lipinski definition) is 1. The zero-order valence-electron chi connectivity index (χ0n) is 8.94. The third kappa shape index (κ3) is 2.98. The van der Waals surface area contributed by atoms with Crippen LogP contribution in [0.15, 0.2) is 44.1 Å². The molecule has 0 aliphatic carbocycles. The first-order valence-corrected chi connectivity index (χ1v) is 5.29. The van der Waals surface area contributed by atoms with Crippen LogP contribution in [-0.4, -0.2) is 23.0 Å². The molecule has 0 spiro atoms. The largest absolute Gasteiger partial charge is 0.478 e. The number of carboxylic acids is 1. The lowest BCUT2D eigenvalue weighted by Crippen LogP contribution is -1.92. The SMILES string of the molecule is C=C(C)C(=O)O.N#CC1=NC2=CC=NC2=C1Br. The molecule has 0 atom stereocenters. The van der Waals surface area contributed by atoms with Gasteiger partial charge in [0, 0.05) is 11.8 Å². The van der Waals surface area contributed by atoms with Gasteiger partial charge in [-0.2, -0.15) is 5.26 Å². The molecule has 0 bridgehead atoms. The maximum absolute atomic E-state index is 9.60. The summed E-state index contributed by atoms with van der Waals surface area (Å²) in [7, 11) is 0. The molecule has 2 heterocycles. The molecular weight excluding hydrogens is 286 g/mol. The lowest BCUT2D eigenvalue weighted by atomic mass is 10.3. The number of carboxylic acid groups (broad SMARTS) is 1. The summed E-state index contributed by atoms with van der Waals surface area (Å²) >= 11 is 3.24. The predicted octanol–water partition coefficient (Wildman–Crippen LogP) is 2.19. The van der Waals surface area contributed by atoms with Crippen LogP contribution in [0.25, 0.3) is 0 Å². The topological polar surface area (TPSA) is 85.8 Å². The Morgan fingerprint density at radius 3 is 2.65 bits per heavy atom. The fourth-order valence-corrected chi connectivity index (χ4v) is 1.43. The van der Waals surface area contributed by atoms with Gasteiger partial charge in [0.15, 0.2) is 5.71 Å². The molecule has 0 aromatic heterocycles. The predicted molar refractivity (Wildman–Crippen MR) is 68.0 cm³/mol. The van der Waals surface area contributed by atoms with E-state index >= 15 is 0 Å². The summed E-state index contributed by atoms with van der Waals surface area (Å²) in [4.78, 5) is 17.6. The van der Waals surface area contributed by atoms with E-state index in [4.69, 9.17) is 10.4 Å². The van der Waals surface area contributed by atoms with Gasteiger partial charge >= 0.3 is 5.97 Å². The minimum absolute atomic E-state index is 0.176. The van der Waals surface area contributed by atoms with Crippen LogP contribution < -0.4 is 0 Å². The van der Waals surface area contributed by atoms with Gasteiger partial charge in [0.25, 0.3) is 0 Å². The van der Waals surface area contributed by atoms with Gasteiger partial charge in [-0.1, -0.05) is 6.58 Å². The summed E-state index contributed by atoms with van der Waals surface area (Å²) in [5.41, 5.74) is 2.12. The van der Waals surface area contributed by atoms with E-state index in [0.29, 0.717) is 10.2 Å². The normalized spacial score (nSPS) is 15.4. The Hall–Kier alpha value is -2.00. The van der Waals surface area contributed by atoms with Gasteiger partial charge in [0.05, 0.1) is 10.2 Å². The Morgan fingerprint density at radius 2 is 2.24 bits per heavy atom. The molecule has 0 aromatic carbocycles. The molecule has 0 unspecified atom stereocenters. The van der Waals surface area contributed by atoms with Gasteiger partial charge in [-0.3, -0.25) is 4.99 Å². The van der Waals surface area contributed by atoms with E-state index in [-0.39, 0.29) is 5.57 Å². The van der Waals surface area contributed by atoms with Crippen LogP contribution in [0.3, 0.4) is 0 Å². The molecule has 2 rings (SSSR count). The van der Waals surface area contributed by atoms with Gasteiger partial charge in [0.2, 0.25) is 0 Å². The van der Waals surface area contributed by atoms with Crippen molar-refractivity contribution in [1.29, 1.82) is 5.26 Å². The third-order valence-electron chi connectivity index (χ3n) is 1.80. The Kier molecular flexibility index (Phi) is 4.12. The molecule has 0 fully saturated rings. The monoisotopic (exact) mass is 293 g/mol. The van der Waals surface area contributed by atoms with Crippen molar-refractivity contribution >= 4 is 33.8 Å². The summed E-state index contributed by atoms with van der Waals surface area (Å²) in [5.74, 6) is -0.935. The molecule has 5 nitrogen and oxygen atoms in total. The average molecular weight is 294 g/mol. The molecule has 0 saturated heterocycles. The van der Waals surface area contributed by atoms with Crippen molar-refractivity contribution in [3.05, 3.63) is 34.1 Å². The van der Waals surface area contributed by atoms with Gasteiger partial charge < -0.3 is 5.11 Å². The number of allylic oxidation sites excluding steroid dienone is 2. The Morgan fingerprint density at radius 1 is 1.65 bits per heavy atom. The second-order valence-corrected chi connectivity index (χ2v) is 3.94. The second kappa shape index (κ2) is 5.37. The summed E-state index contributed by atoms with van der Waals surface area (Å²) < 4.78 is 0.694. The highest BCUT2D eigenvalue weighted by Crippen LogP contribution is 2.31. The lowest BCUT2D eigenvalue weighted by Gasteiger charge is -1.86. The van der Waals surface area contributed by atoms with Crippen molar-refractivity contribution in [3.63, 3.8) is 0 Å². The molecule has 17 heavy (non-hydrogen) atoms. The number of carbonyl (C=O) groups is 1. The summed E-state index contributed by atoms with van der Waals surface area (Å²) in [5, 5.41) is 16.5. The number of aliphatic carboxylic acids is 1. The minimum Gasteiger partial charge on any atom is -0.478 e. The van der Waals surface area contributed by atoms with Crippen molar-refractivity contribution in [3.8, 4) is 6.07 Å². The molecule has 2 aliphatic heterocycles. The highest BCUT2D eigenvalue weighted by Gasteiger charge is 2.22. The molecule has 0 radical (unpaired) electrons. The zero-order chi connectivity index (χ0) is 13.0. The number of rotatable bonds is 1. The number of aliphatic imine (C=N–C) groups is 2. The van der Waals surface area contributed by atoms with Gasteiger partial charge in [-0.05, 0) is 28.9 Å². The first-order valence-electron chi connectivity index (χ1n) is 4.49. The quantitative estimate of drug-likeness (QED) is 0.752. The van der Waals surface area contributed by atoms with Crippen LogP contribution in [0.1, 0.15) is 6.92 Å². The fourth-order valence-electron chi connectivity index (χ4n) is 0.943. The maximum atomic E-state index is 9.60. The van der Waals surface area contributed by atoms with Crippen LogP contribution in [0, 0.1) is 11.3 Å². The number of nitrogens with zero attached hydrogens (tertiary/aromatic N) is 3. The Bertz CT molecular complexity index is 536. The number of halogens is 1. The lowest BCUT2D eigenvalue weighted by molar-refractivity contribution is -0.132. The van der Waals surface area contributed by atoms with Crippen LogP contribution in [0.2, 0.25) is 0 Å². The smallest absolute Gasteiger partial charge is 0.330 e. The number of hydrogen-bond acceptors (Lipinski definition) is 4. The first kappa shape index (κ1) is 13.1. The van der Waals surface area contributed by atoms with E-state index in [0.717, 1.165) is 11.4 Å². The van der Waals surface area contributed by atoms with Crippen LogP contribution in [0.5, 0.6) is 0 Å². The standard InChI is InChI=1S/C7H2BrN3.C4H6O2/c8-6-5(3-9)11-4-1-2-10-7(4)6;1-3(2)4(5)6/h1-2H;1H2,2H3,(H,5,6). The van der Waals surface area contributed by atoms with Crippen LogP contribution in [0.4, 0.5) is 0 Å². The maximum Gasteiger partial charge on any atom is 0.330 e. The molecule has 6 heteroatoms. The zero-order valence-corrected chi connectivity index (χ0v) is 10.5. The van der Waals surface area contributed by atoms with E-state index in [1.807, 2.05) is 6.07 Å². The minimum atomic E-state index is -0.935. The molecule has 0 amide bonds. The number of fused-ring (bicyclic) bond motifs is 1. The molecule has 86 valence electrons. The van der Waals surface area contributed by atoms with Crippen molar-refractivity contribution in [2.45, 2.75) is 6.92 Å². The van der Waals surface area contributed by atoms with Gasteiger partial charge in [-0.25, -0.2) is 9.79 Å². The van der Waals surface area contributed by atoms with Crippen molar-refractivity contribution in [2.75, 3.05) is 0 Å². The number of nitriles is 1. The Labute approximate surface area is 106 Å². The van der Waals surface area contributed by atoms with Crippen molar-refractivity contribution in [2.24, 2.45) is 9.98 Å². The van der Waals surface area contributed by atoms with Gasteiger partial charge in [-0.15, -0.1) is 0 Å². The van der Waals surface area contributed by atoms with E-state index in [1.54, 1.807) is 12.3 Å². The second-order valence-electron chi connectivity index (χ2n) is 3.15. The summed E-state index contributed by atoms with van der Waals surface area (Å²) in [6, 6.07) is 1.97. The Balaban J connectivity index is 0.000000209. The third-order valence-corrected chi connectivity index (χ3v) is 2.55. The van der Waals surface area contributed by atoms with E-state index in [1.165, 1.54) is 6.92 Å². The van der Waals surface area contributed by atoms with E-state index in [9.17, 15) is 4.79 Å². The summed E-state index contributed by atoms with van der Waals surface area (Å²) in [6.07, 6.45) is 3.45. The van der Waals surface area contributed by atoms with Crippen molar-refractivity contribution < 1.29 is 9.90 Å². The van der Waals surface area contributed by atoms with E-state index in [2.05, 4.69) is 32.5 Å². The van der Waals surface area contributed by atoms with E-state index < -0.39 is 5.97 Å². The average Bonchev–Trinajstić information content (AvgIpc) is 2.82. The molecule has 0 saturated carbocycles. The molecule has 1 N–H and O–H groups in total. The van der Waals surface area contributed by atoms with Crippen LogP contribution >= 0.6 is 15.9 Å². The highest BCUT2D eigenvalue weighted by molar-refractivity contribution is 9.12. The van der Waals surface area contributed by atoms with Gasteiger partial charge in [0.1, 0.15) is 11.8 Å². The fraction of sp³-hybridized carbons (Fsp3) is 0.0909. The molecular formula is C11H8BrN3O2. The highest BCUT2D eigenvalue weighted by atomic mass is 79.9. The molecule has 2 aliphatic rings. The molecule has 0 aromatic rings. The van der Waals surface area contributed by atoms with Crippen LogP contribution in [-0.2, 0) is 4.79 Å². The van der Waals surface area contributed by atoms with Crippen molar-refractivity contribution in [1.82, 2.24) is 0 Å².